The Hall–Kier alpha value is -1.84. The average Bonchev–Trinajstić information content (AvgIpc) is 2.57. The smallest absolute Gasteiger partial charge is 0.223 e. The molecule has 4 heteroatoms. The number of hydrogen-bond acceptors (Lipinski definition) is 2. The van der Waals surface area contributed by atoms with E-state index in [1.807, 2.05) is 12.1 Å². The van der Waals surface area contributed by atoms with Crippen molar-refractivity contribution in [2.75, 3.05) is 6.54 Å². The van der Waals surface area contributed by atoms with E-state index in [-0.39, 0.29) is 23.7 Å². The van der Waals surface area contributed by atoms with Gasteiger partial charge in [-0.3, -0.25) is 9.59 Å². The molecule has 1 fully saturated rings. The van der Waals surface area contributed by atoms with Crippen molar-refractivity contribution in [1.82, 2.24) is 10.6 Å². The van der Waals surface area contributed by atoms with E-state index in [2.05, 4.69) is 43.5 Å². The molecule has 0 aromatic heterocycles. The van der Waals surface area contributed by atoms with Crippen LogP contribution >= 0.6 is 0 Å². The Morgan fingerprint density at radius 3 is 2.17 bits per heavy atom. The van der Waals surface area contributed by atoms with E-state index in [1.54, 1.807) is 0 Å². The number of amides is 2. The van der Waals surface area contributed by atoms with Gasteiger partial charge >= 0.3 is 0 Å². The highest BCUT2D eigenvalue weighted by Gasteiger charge is 2.29. The summed E-state index contributed by atoms with van der Waals surface area (Å²) in [5.74, 6) is 0.867. The Labute approximate surface area is 145 Å². The summed E-state index contributed by atoms with van der Waals surface area (Å²) in [4.78, 5) is 24.4. The van der Waals surface area contributed by atoms with Crippen molar-refractivity contribution in [2.24, 2.45) is 17.8 Å². The van der Waals surface area contributed by atoms with Gasteiger partial charge in [0.15, 0.2) is 0 Å². The van der Waals surface area contributed by atoms with E-state index in [4.69, 9.17) is 0 Å². The second-order valence-corrected chi connectivity index (χ2v) is 7.39. The summed E-state index contributed by atoms with van der Waals surface area (Å²) in [5, 5.41) is 6.05. The van der Waals surface area contributed by atoms with Crippen LogP contribution in [0.2, 0.25) is 0 Å². The zero-order chi connectivity index (χ0) is 17.5. The molecule has 24 heavy (non-hydrogen) atoms. The van der Waals surface area contributed by atoms with Crippen LogP contribution in [0.15, 0.2) is 24.3 Å². The van der Waals surface area contributed by atoms with Gasteiger partial charge in [0.05, 0.1) is 0 Å². The number of aryl methyl sites for hydroxylation is 1. The molecule has 0 aliphatic heterocycles. The molecule has 0 heterocycles. The highest BCUT2D eigenvalue weighted by Crippen LogP contribution is 2.29. The van der Waals surface area contributed by atoms with Crippen molar-refractivity contribution in [3.8, 4) is 0 Å². The molecule has 1 aliphatic carbocycles. The fraction of sp³-hybridized carbons (Fsp3) is 0.600. The fourth-order valence-corrected chi connectivity index (χ4v) is 3.22. The van der Waals surface area contributed by atoms with Gasteiger partial charge in [0.1, 0.15) is 0 Å². The molecule has 0 spiro atoms. The van der Waals surface area contributed by atoms with Gasteiger partial charge in [-0.25, -0.2) is 0 Å². The third-order valence-electron chi connectivity index (χ3n) is 4.70. The second-order valence-electron chi connectivity index (χ2n) is 7.39. The van der Waals surface area contributed by atoms with Gasteiger partial charge in [-0.1, -0.05) is 43.7 Å². The Bertz CT molecular complexity index is 561. The summed E-state index contributed by atoms with van der Waals surface area (Å²) < 4.78 is 0. The highest BCUT2D eigenvalue weighted by molar-refractivity contribution is 5.81. The molecule has 0 radical (unpaired) electrons. The molecule has 2 amide bonds. The van der Waals surface area contributed by atoms with Crippen molar-refractivity contribution in [2.45, 2.75) is 53.0 Å². The molecule has 2 rings (SSSR count). The van der Waals surface area contributed by atoms with Gasteiger partial charge < -0.3 is 10.6 Å². The molecular weight excluding hydrogens is 300 g/mol. The summed E-state index contributed by atoms with van der Waals surface area (Å²) in [6.07, 6.45) is 3.23. The highest BCUT2D eigenvalue weighted by atomic mass is 16.2. The molecule has 2 N–H and O–H groups in total. The van der Waals surface area contributed by atoms with Crippen LogP contribution in [0.5, 0.6) is 0 Å². The first-order valence-electron chi connectivity index (χ1n) is 9.06. The van der Waals surface area contributed by atoms with Gasteiger partial charge in [-0.15, -0.1) is 0 Å². The zero-order valence-corrected chi connectivity index (χ0v) is 15.1. The third-order valence-corrected chi connectivity index (χ3v) is 4.70. The summed E-state index contributed by atoms with van der Waals surface area (Å²) in [7, 11) is 0. The molecule has 0 bridgehead atoms. The fourth-order valence-electron chi connectivity index (χ4n) is 3.22. The van der Waals surface area contributed by atoms with E-state index in [9.17, 15) is 9.59 Å². The minimum absolute atomic E-state index is 0.0453. The zero-order valence-electron chi connectivity index (χ0n) is 15.1. The van der Waals surface area contributed by atoms with E-state index < -0.39 is 0 Å². The predicted molar refractivity (Wildman–Crippen MR) is 96.3 cm³/mol. The lowest BCUT2D eigenvalue weighted by molar-refractivity contribution is -0.130. The summed E-state index contributed by atoms with van der Waals surface area (Å²) >= 11 is 0. The molecule has 1 aliphatic rings. The first kappa shape index (κ1) is 18.5. The normalized spacial score (nSPS) is 20.7. The minimum Gasteiger partial charge on any atom is -0.356 e. The molecule has 4 nitrogen and oxygen atoms in total. The lowest BCUT2D eigenvalue weighted by Crippen LogP contribution is -2.38. The lowest BCUT2D eigenvalue weighted by atomic mass is 9.81. The van der Waals surface area contributed by atoms with Crippen LogP contribution in [0.3, 0.4) is 0 Å². The maximum Gasteiger partial charge on any atom is 0.223 e. The molecule has 0 atom stereocenters. The molecular formula is C20H30N2O2. The number of hydrogen-bond donors (Lipinski definition) is 2. The molecule has 0 unspecified atom stereocenters. The van der Waals surface area contributed by atoms with Gasteiger partial charge in [-0.05, 0) is 44.1 Å². The number of rotatable bonds is 6. The maximum absolute atomic E-state index is 12.3. The third kappa shape index (κ3) is 5.66. The standard InChI is InChI=1S/C20H30N2O2/c1-14(2)12-21-19(23)17-7-9-18(10-8-17)20(24)22-13-16-6-4-5-15(3)11-16/h4-6,11,14,17-18H,7-10,12-13H2,1-3H3,(H,21,23)(H,22,24). The molecule has 1 aromatic carbocycles. The topological polar surface area (TPSA) is 58.2 Å². The predicted octanol–water partition coefficient (Wildman–Crippen LogP) is 3.19. The van der Waals surface area contributed by atoms with Gasteiger partial charge in [0.2, 0.25) is 11.8 Å². The quantitative estimate of drug-likeness (QED) is 0.841. The lowest BCUT2D eigenvalue weighted by Gasteiger charge is -2.27. The Morgan fingerprint density at radius 2 is 1.62 bits per heavy atom. The summed E-state index contributed by atoms with van der Waals surface area (Å²) in [6.45, 7) is 7.55. The van der Waals surface area contributed by atoms with Crippen LogP contribution in [0.25, 0.3) is 0 Å². The van der Waals surface area contributed by atoms with E-state index in [0.29, 0.717) is 12.5 Å². The first-order chi connectivity index (χ1) is 11.5. The summed E-state index contributed by atoms with van der Waals surface area (Å²) in [5.41, 5.74) is 2.33. The van der Waals surface area contributed by atoms with E-state index in [0.717, 1.165) is 37.8 Å². The van der Waals surface area contributed by atoms with Crippen molar-refractivity contribution in [1.29, 1.82) is 0 Å². The molecule has 132 valence electrons. The Morgan fingerprint density at radius 1 is 1.04 bits per heavy atom. The Balaban J connectivity index is 1.73. The largest absolute Gasteiger partial charge is 0.356 e. The molecule has 1 aromatic rings. The van der Waals surface area contributed by atoms with Crippen LogP contribution in [0, 0.1) is 24.7 Å². The van der Waals surface area contributed by atoms with Crippen LogP contribution < -0.4 is 10.6 Å². The maximum atomic E-state index is 12.3. The monoisotopic (exact) mass is 330 g/mol. The number of carbonyl (C=O) groups is 2. The van der Waals surface area contributed by atoms with Crippen molar-refractivity contribution >= 4 is 11.8 Å². The Kier molecular flexibility index (Phi) is 6.83. The van der Waals surface area contributed by atoms with Crippen LogP contribution in [0.4, 0.5) is 0 Å². The van der Waals surface area contributed by atoms with Crippen molar-refractivity contribution in [3.05, 3.63) is 35.4 Å². The number of nitrogens with one attached hydrogen (secondary N) is 2. The number of benzene rings is 1. The van der Waals surface area contributed by atoms with E-state index in [1.165, 1.54) is 5.56 Å². The number of carbonyl (C=O) groups excluding carboxylic acids is 2. The SMILES string of the molecule is Cc1cccc(CNC(=O)C2CCC(C(=O)NCC(C)C)CC2)c1. The van der Waals surface area contributed by atoms with Crippen LogP contribution in [0.1, 0.15) is 50.7 Å². The molecule has 0 saturated heterocycles. The summed E-state index contributed by atoms with van der Waals surface area (Å²) in [6, 6.07) is 8.19. The minimum atomic E-state index is 0.0453. The van der Waals surface area contributed by atoms with Crippen molar-refractivity contribution < 1.29 is 9.59 Å². The first-order valence-corrected chi connectivity index (χ1v) is 9.06. The van der Waals surface area contributed by atoms with Crippen LogP contribution in [-0.2, 0) is 16.1 Å². The average molecular weight is 330 g/mol. The molecule has 1 saturated carbocycles. The van der Waals surface area contributed by atoms with Gasteiger partial charge in [-0.2, -0.15) is 0 Å². The van der Waals surface area contributed by atoms with Gasteiger partial charge in [0, 0.05) is 24.9 Å². The van der Waals surface area contributed by atoms with Crippen molar-refractivity contribution in [3.63, 3.8) is 0 Å². The van der Waals surface area contributed by atoms with E-state index >= 15 is 0 Å². The van der Waals surface area contributed by atoms with Gasteiger partial charge in [0.25, 0.3) is 0 Å². The second kappa shape index (κ2) is 8.86. The van der Waals surface area contributed by atoms with Crippen LogP contribution in [-0.4, -0.2) is 18.4 Å².